The zero-order valence-electron chi connectivity index (χ0n) is 15.4. The van der Waals surface area contributed by atoms with Gasteiger partial charge in [-0.3, -0.25) is 4.79 Å². The van der Waals surface area contributed by atoms with E-state index >= 15 is 0 Å². The molecule has 0 unspecified atom stereocenters. The predicted octanol–water partition coefficient (Wildman–Crippen LogP) is 2.56. The molecule has 2 aromatic rings. The van der Waals surface area contributed by atoms with Gasteiger partial charge in [0.1, 0.15) is 0 Å². The lowest BCUT2D eigenvalue weighted by molar-refractivity contribution is -0.119. The molecule has 0 radical (unpaired) electrons. The first-order valence-corrected chi connectivity index (χ1v) is 10.3. The number of rotatable bonds is 8. The van der Waals surface area contributed by atoms with Crippen LogP contribution in [0.4, 0.5) is 5.69 Å². The lowest BCUT2D eigenvalue weighted by atomic mass is 10.2. The second-order valence-corrected chi connectivity index (χ2v) is 7.88. The summed E-state index contributed by atoms with van der Waals surface area (Å²) in [4.78, 5) is 27.8. The van der Waals surface area contributed by atoms with Crippen LogP contribution in [0, 0.1) is 0 Å². The fourth-order valence-electron chi connectivity index (χ4n) is 2.36. The van der Waals surface area contributed by atoms with Crippen molar-refractivity contribution in [3.05, 3.63) is 53.3 Å². The van der Waals surface area contributed by atoms with Crippen molar-refractivity contribution in [2.45, 2.75) is 18.7 Å². The van der Waals surface area contributed by atoms with E-state index in [0.29, 0.717) is 18.8 Å². The molecular formula is C18H20ClN3O5S. The lowest BCUT2D eigenvalue weighted by Gasteiger charge is -2.18. The molecule has 1 aromatic heterocycles. The maximum Gasteiger partial charge on any atom is 0.338 e. The topological polar surface area (TPSA) is 106 Å². The molecular weight excluding hydrogens is 406 g/mol. The highest BCUT2D eigenvalue weighted by Crippen LogP contribution is 2.18. The standard InChI is InChI=1S/C18H20ClN3O5S/c1-3-22(4-2)28(25,26)14-9-7-13(8-10-14)18(24)27-12-16(23)21-15-6-5-11-20-17(15)19/h5-11H,3-4,12H2,1-2H3,(H,21,23). The number of pyridine rings is 1. The summed E-state index contributed by atoms with van der Waals surface area (Å²) in [6.45, 7) is 3.66. The Bertz CT molecular complexity index is 944. The molecule has 1 N–H and O–H groups in total. The maximum absolute atomic E-state index is 12.4. The van der Waals surface area contributed by atoms with Crippen molar-refractivity contribution in [1.82, 2.24) is 9.29 Å². The van der Waals surface area contributed by atoms with Crippen LogP contribution in [-0.4, -0.2) is 49.3 Å². The quantitative estimate of drug-likeness (QED) is 0.514. The van der Waals surface area contributed by atoms with Crippen molar-refractivity contribution in [3.63, 3.8) is 0 Å². The number of hydrogen-bond acceptors (Lipinski definition) is 6. The monoisotopic (exact) mass is 425 g/mol. The third-order valence-corrected chi connectivity index (χ3v) is 6.17. The Morgan fingerprint density at radius 2 is 1.79 bits per heavy atom. The van der Waals surface area contributed by atoms with Gasteiger partial charge in [0.05, 0.1) is 16.1 Å². The minimum atomic E-state index is -3.61. The van der Waals surface area contributed by atoms with Crippen molar-refractivity contribution < 1.29 is 22.7 Å². The average molecular weight is 426 g/mol. The summed E-state index contributed by atoms with van der Waals surface area (Å²) in [5.41, 5.74) is 0.432. The molecule has 0 aliphatic carbocycles. The number of anilines is 1. The molecule has 0 saturated heterocycles. The molecule has 0 saturated carbocycles. The third-order valence-electron chi connectivity index (χ3n) is 3.80. The first-order valence-electron chi connectivity index (χ1n) is 8.47. The van der Waals surface area contributed by atoms with Gasteiger partial charge in [-0.2, -0.15) is 4.31 Å². The van der Waals surface area contributed by atoms with Gasteiger partial charge in [0.2, 0.25) is 10.0 Å². The van der Waals surface area contributed by atoms with Gasteiger partial charge >= 0.3 is 5.97 Å². The number of nitrogens with one attached hydrogen (secondary N) is 1. The molecule has 28 heavy (non-hydrogen) atoms. The van der Waals surface area contributed by atoms with Gasteiger partial charge in [0.15, 0.2) is 11.8 Å². The highest BCUT2D eigenvalue weighted by Gasteiger charge is 2.22. The SMILES string of the molecule is CCN(CC)S(=O)(=O)c1ccc(C(=O)OCC(=O)Nc2cccnc2Cl)cc1. The Morgan fingerprint density at radius 3 is 2.36 bits per heavy atom. The largest absolute Gasteiger partial charge is 0.452 e. The number of aromatic nitrogens is 1. The van der Waals surface area contributed by atoms with Crippen molar-refractivity contribution in [2.24, 2.45) is 0 Å². The molecule has 0 atom stereocenters. The predicted molar refractivity (Wildman–Crippen MR) is 105 cm³/mol. The molecule has 0 aliphatic rings. The Morgan fingerprint density at radius 1 is 1.14 bits per heavy atom. The number of sulfonamides is 1. The van der Waals surface area contributed by atoms with Gasteiger partial charge in [0, 0.05) is 19.3 Å². The molecule has 1 amide bonds. The number of nitrogens with zero attached hydrogens (tertiary/aromatic N) is 2. The van der Waals surface area contributed by atoms with Crippen LogP contribution in [0.5, 0.6) is 0 Å². The smallest absolute Gasteiger partial charge is 0.338 e. The van der Waals surface area contributed by atoms with Crippen molar-refractivity contribution in [2.75, 3.05) is 25.0 Å². The summed E-state index contributed by atoms with van der Waals surface area (Å²) in [6, 6.07) is 8.51. The average Bonchev–Trinajstić information content (AvgIpc) is 2.68. The molecule has 0 fully saturated rings. The Kier molecular flexibility index (Phi) is 7.50. The fraction of sp³-hybridized carbons (Fsp3) is 0.278. The van der Waals surface area contributed by atoms with Crippen LogP contribution in [0.25, 0.3) is 0 Å². The normalized spacial score (nSPS) is 11.3. The van der Waals surface area contributed by atoms with E-state index in [4.69, 9.17) is 16.3 Å². The molecule has 0 aliphatic heterocycles. The van der Waals surface area contributed by atoms with Gasteiger partial charge in [-0.05, 0) is 36.4 Å². The minimum absolute atomic E-state index is 0.0803. The molecule has 2 rings (SSSR count). The van der Waals surface area contributed by atoms with Gasteiger partial charge in [-0.25, -0.2) is 18.2 Å². The van der Waals surface area contributed by atoms with Crippen LogP contribution in [-0.2, 0) is 19.6 Å². The lowest BCUT2D eigenvalue weighted by Crippen LogP contribution is -2.30. The van der Waals surface area contributed by atoms with Crippen molar-refractivity contribution >= 4 is 39.2 Å². The number of amides is 1. The number of carbonyl (C=O) groups excluding carboxylic acids is 2. The summed E-state index contributed by atoms with van der Waals surface area (Å²) in [7, 11) is -3.61. The fourth-order valence-corrected chi connectivity index (χ4v) is 3.98. The van der Waals surface area contributed by atoms with Crippen LogP contribution < -0.4 is 5.32 Å². The van der Waals surface area contributed by atoms with E-state index in [2.05, 4.69) is 10.3 Å². The summed E-state index contributed by atoms with van der Waals surface area (Å²) >= 11 is 5.84. The molecule has 10 heteroatoms. The maximum atomic E-state index is 12.4. The van der Waals surface area contributed by atoms with Gasteiger partial charge in [-0.1, -0.05) is 25.4 Å². The minimum Gasteiger partial charge on any atom is -0.452 e. The molecule has 1 heterocycles. The van der Waals surface area contributed by atoms with Gasteiger partial charge < -0.3 is 10.1 Å². The molecule has 150 valence electrons. The summed E-state index contributed by atoms with van der Waals surface area (Å²) in [6.07, 6.45) is 1.47. The highest BCUT2D eigenvalue weighted by atomic mass is 35.5. The first-order chi connectivity index (χ1) is 13.3. The number of esters is 1. The summed E-state index contributed by atoms with van der Waals surface area (Å²) in [5, 5.41) is 2.59. The van der Waals surface area contributed by atoms with E-state index < -0.39 is 28.5 Å². The second kappa shape index (κ2) is 9.63. The van der Waals surface area contributed by atoms with Crippen LogP contribution >= 0.6 is 11.6 Å². The van der Waals surface area contributed by atoms with E-state index in [-0.39, 0.29) is 15.6 Å². The molecule has 0 bridgehead atoms. The van der Waals surface area contributed by atoms with Crippen LogP contribution in [0.3, 0.4) is 0 Å². The Hall–Kier alpha value is -2.49. The van der Waals surface area contributed by atoms with E-state index in [1.165, 1.54) is 34.8 Å². The molecule has 1 aromatic carbocycles. The third kappa shape index (κ3) is 5.28. The van der Waals surface area contributed by atoms with E-state index in [9.17, 15) is 18.0 Å². The number of benzene rings is 1. The van der Waals surface area contributed by atoms with E-state index in [1.807, 2.05) is 0 Å². The van der Waals surface area contributed by atoms with Crippen LogP contribution in [0.2, 0.25) is 5.15 Å². The van der Waals surface area contributed by atoms with E-state index in [0.717, 1.165) is 0 Å². The van der Waals surface area contributed by atoms with E-state index in [1.54, 1.807) is 26.0 Å². The number of hydrogen-bond donors (Lipinski definition) is 1. The molecule has 8 nitrogen and oxygen atoms in total. The van der Waals surface area contributed by atoms with Crippen molar-refractivity contribution in [3.8, 4) is 0 Å². The van der Waals surface area contributed by atoms with Crippen LogP contribution in [0.15, 0.2) is 47.5 Å². The second-order valence-electron chi connectivity index (χ2n) is 5.58. The number of ether oxygens (including phenoxy) is 1. The first kappa shape index (κ1) is 21.8. The Balaban J connectivity index is 1.98. The number of carbonyl (C=O) groups is 2. The van der Waals surface area contributed by atoms with Crippen molar-refractivity contribution in [1.29, 1.82) is 0 Å². The van der Waals surface area contributed by atoms with Gasteiger partial charge in [0.25, 0.3) is 5.91 Å². The zero-order chi connectivity index (χ0) is 20.7. The summed E-state index contributed by atoms with van der Waals surface area (Å²) < 4.78 is 31.1. The Labute approximate surface area is 168 Å². The summed E-state index contributed by atoms with van der Waals surface area (Å²) in [5.74, 6) is -1.33. The zero-order valence-corrected chi connectivity index (χ0v) is 17.0. The molecule has 0 spiro atoms. The van der Waals surface area contributed by atoms with Gasteiger partial charge in [-0.15, -0.1) is 0 Å². The number of halogens is 1. The highest BCUT2D eigenvalue weighted by molar-refractivity contribution is 7.89. The van der Waals surface area contributed by atoms with Crippen LogP contribution in [0.1, 0.15) is 24.2 Å².